The van der Waals surface area contributed by atoms with Gasteiger partial charge in [-0.3, -0.25) is 0 Å². The van der Waals surface area contributed by atoms with Crippen molar-refractivity contribution in [2.24, 2.45) is 5.16 Å². The standard InChI is InChI=1S/C16H19ClN6O/c1-24-21-10-14-15(18)19-11-20-16(14)23-8-6-22(7-9-23)13-4-2-12(17)3-5-13/h2-5,10-11H,6-9H2,1H3,(H2,18,19,20). The molecule has 0 unspecified atom stereocenters. The molecule has 1 aliphatic heterocycles. The molecule has 1 aliphatic rings. The van der Waals surface area contributed by atoms with Gasteiger partial charge in [-0.25, -0.2) is 9.97 Å². The molecular formula is C16H19ClN6O. The molecule has 0 amide bonds. The number of hydrogen-bond acceptors (Lipinski definition) is 7. The lowest BCUT2D eigenvalue weighted by molar-refractivity contribution is 0.215. The highest BCUT2D eigenvalue weighted by Crippen LogP contribution is 2.24. The molecule has 0 spiro atoms. The first-order valence-electron chi connectivity index (χ1n) is 7.61. The van der Waals surface area contributed by atoms with Crippen molar-refractivity contribution in [2.45, 2.75) is 0 Å². The van der Waals surface area contributed by atoms with Crippen LogP contribution in [0.2, 0.25) is 5.02 Å². The Labute approximate surface area is 145 Å². The number of nitrogen functional groups attached to an aromatic ring is 1. The van der Waals surface area contributed by atoms with E-state index in [1.165, 1.54) is 19.1 Å². The van der Waals surface area contributed by atoms with Crippen LogP contribution in [0.25, 0.3) is 0 Å². The molecule has 0 saturated carbocycles. The van der Waals surface area contributed by atoms with Crippen LogP contribution in [0.4, 0.5) is 17.3 Å². The van der Waals surface area contributed by atoms with Crippen molar-refractivity contribution in [3.05, 3.63) is 41.2 Å². The molecule has 2 N–H and O–H groups in total. The minimum Gasteiger partial charge on any atom is -0.399 e. The zero-order chi connectivity index (χ0) is 16.9. The van der Waals surface area contributed by atoms with Gasteiger partial charge in [-0.2, -0.15) is 0 Å². The Morgan fingerprint density at radius 1 is 1.12 bits per heavy atom. The number of nitrogens with zero attached hydrogens (tertiary/aromatic N) is 5. The van der Waals surface area contributed by atoms with Crippen molar-refractivity contribution in [3.63, 3.8) is 0 Å². The number of halogens is 1. The highest BCUT2D eigenvalue weighted by atomic mass is 35.5. The summed E-state index contributed by atoms with van der Waals surface area (Å²) in [6.07, 6.45) is 3.02. The molecule has 2 heterocycles. The first-order valence-corrected chi connectivity index (χ1v) is 7.99. The van der Waals surface area contributed by atoms with E-state index in [1.54, 1.807) is 6.21 Å². The lowest BCUT2D eigenvalue weighted by Gasteiger charge is -2.37. The fraction of sp³-hybridized carbons (Fsp3) is 0.312. The Morgan fingerprint density at radius 3 is 2.46 bits per heavy atom. The van der Waals surface area contributed by atoms with E-state index in [2.05, 4.69) is 24.9 Å². The van der Waals surface area contributed by atoms with Crippen molar-refractivity contribution in [1.82, 2.24) is 9.97 Å². The number of oxime groups is 1. The van der Waals surface area contributed by atoms with Crippen LogP contribution in [0.3, 0.4) is 0 Å². The van der Waals surface area contributed by atoms with Crippen molar-refractivity contribution in [2.75, 3.05) is 48.8 Å². The summed E-state index contributed by atoms with van der Waals surface area (Å²) in [6.45, 7) is 3.42. The largest absolute Gasteiger partial charge is 0.399 e. The minimum atomic E-state index is 0.390. The predicted molar refractivity (Wildman–Crippen MR) is 96.9 cm³/mol. The number of nitrogens with two attached hydrogens (primary N) is 1. The Hall–Kier alpha value is -2.54. The van der Waals surface area contributed by atoms with Gasteiger partial charge < -0.3 is 20.4 Å². The second-order valence-electron chi connectivity index (χ2n) is 5.36. The van der Waals surface area contributed by atoms with E-state index < -0.39 is 0 Å². The third-order valence-electron chi connectivity index (χ3n) is 3.95. The summed E-state index contributed by atoms with van der Waals surface area (Å²) < 4.78 is 0. The van der Waals surface area contributed by atoms with Crippen molar-refractivity contribution >= 4 is 35.1 Å². The normalized spacial score (nSPS) is 15.1. The van der Waals surface area contributed by atoms with E-state index in [9.17, 15) is 0 Å². The van der Waals surface area contributed by atoms with Gasteiger partial charge in [0.1, 0.15) is 25.1 Å². The summed E-state index contributed by atoms with van der Waals surface area (Å²) >= 11 is 5.95. The molecule has 0 atom stereocenters. The highest BCUT2D eigenvalue weighted by molar-refractivity contribution is 6.30. The number of benzene rings is 1. The van der Waals surface area contributed by atoms with Gasteiger partial charge in [-0.15, -0.1) is 0 Å². The zero-order valence-electron chi connectivity index (χ0n) is 13.4. The van der Waals surface area contributed by atoms with Crippen LogP contribution in [-0.2, 0) is 4.84 Å². The van der Waals surface area contributed by atoms with E-state index in [1.807, 2.05) is 24.3 Å². The molecule has 24 heavy (non-hydrogen) atoms. The average molecular weight is 347 g/mol. The van der Waals surface area contributed by atoms with Crippen LogP contribution in [0.1, 0.15) is 5.56 Å². The van der Waals surface area contributed by atoms with Gasteiger partial charge in [-0.05, 0) is 24.3 Å². The van der Waals surface area contributed by atoms with Crippen molar-refractivity contribution in [3.8, 4) is 0 Å². The number of rotatable bonds is 4. The molecule has 1 aromatic heterocycles. The molecule has 1 aromatic carbocycles. The van der Waals surface area contributed by atoms with E-state index in [4.69, 9.17) is 22.2 Å². The first kappa shape index (κ1) is 16.3. The summed E-state index contributed by atoms with van der Waals surface area (Å²) in [7, 11) is 1.49. The fourth-order valence-corrected chi connectivity index (χ4v) is 2.84. The third-order valence-corrected chi connectivity index (χ3v) is 4.20. The number of anilines is 3. The predicted octanol–water partition coefficient (Wildman–Crippen LogP) is 2.02. The Bertz CT molecular complexity index is 713. The van der Waals surface area contributed by atoms with Gasteiger partial charge in [0.25, 0.3) is 0 Å². The highest BCUT2D eigenvalue weighted by Gasteiger charge is 2.21. The molecular weight excluding hydrogens is 328 g/mol. The van der Waals surface area contributed by atoms with Gasteiger partial charge in [0, 0.05) is 36.9 Å². The summed E-state index contributed by atoms with van der Waals surface area (Å²) in [4.78, 5) is 17.7. The van der Waals surface area contributed by atoms with Crippen LogP contribution in [0, 0.1) is 0 Å². The summed E-state index contributed by atoms with van der Waals surface area (Å²) in [5.74, 6) is 1.17. The molecule has 3 rings (SSSR count). The molecule has 0 radical (unpaired) electrons. The number of aromatic nitrogens is 2. The van der Waals surface area contributed by atoms with Gasteiger partial charge in [0.15, 0.2) is 0 Å². The molecule has 2 aromatic rings. The molecule has 8 heteroatoms. The fourth-order valence-electron chi connectivity index (χ4n) is 2.71. The van der Waals surface area contributed by atoms with Gasteiger partial charge in [0.2, 0.25) is 0 Å². The van der Waals surface area contributed by atoms with Crippen molar-refractivity contribution in [1.29, 1.82) is 0 Å². The molecule has 1 saturated heterocycles. The molecule has 0 bridgehead atoms. The van der Waals surface area contributed by atoms with Crippen LogP contribution >= 0.6 is 11.6 Å². The summed E-state index contributed by atoms with van der Waals surface area (Å²) in [6, 6.07) is 7.90. The summed E-state index contributed by atoms with van der Waals surface area (Å²) in [5, 5.41) is 4.54. The number of piperazine rings is 1. The second-order valence-corrected chi connectivity index (χ2v) is 5.80. The van der Waals surface area contributed by atoms with Crippen LogP contribution in [-0.4, -0.2) is 49.5 Å². The maximum absolute atomic E-state index is 5.95. The molecule has 7 nitrogen and oxygen atoms in total. The monoisotopic (exact) mass is 346 g/mol. The van der Waals surface area contributed by atoms with Crippen LogP contribution < -0.4 is 15.5 Å². The van der Waals surface area contributed by atoms with Gasteiger partial charge >= 0.3 is 0 Å². The zero-order valence-corrected chi connectivity index (χ0v) is 14.1. The topological polar surface area (TPSA) is 79.9 Å². The smallest absolute Gasteiger partial charge is 0.143 e. The SMILES string of the molecule is CON=Cc1c(N)ncnc1N1CCN(c2ccc(Cl)cc2)CC1. The minimum absolute atomic E-state index is 0.390. The maximum Gasteiger partial charge on any atom is 0.143 e. The van der Waals surface area contributed by atoms with E-state index >= 15 is 0 Å². The average Bonchev–Trinajstić information content (AvgIpc) is 2.61. The third kappa shape index (κ3) is 3.51. The van der Waals surface area contributed by atoms with E-state index in [-0.39, 0.29) is 0 Å². The Kier molecular flexibility index (Phi) is 5.00. The Balaban J connectivity index is 1.74. The van der Waals surface area contributed by atoms with E-state index in [0.29, 0.717) is 11.4 Å². The van der Waals surface area contributed by atoms with E-state index in [0.717, 1.165) is 37.0 Å². The van der Waals surface area contributed by atoms with Crippen LogP contribution in [0.5, 0.6) is 0 Å². The van der Waals surface area contributed by atoms with Crippen molar-refractivity contribution < 1.29 is 4.84 Å². The molecule has 1 fully saturated rings. The Morgan fingerprint density at radius 2 is 1.79 bits per heavy atom. The lowest BCUT2D eigenvalue weighted by atomic mass is 10.2. The molecule has 126 valence electrons. The van der Waals surface area contributed by atoms with Gasteiger partial charge in [0.05, 0.1) is 11.8 Å². The molecule has 0 aliphatic carbocycles. The maximum atomic E-state index is 5.95. The van der Waals surface area contributed by atoms with Gasteiger partial charge in [-0.1, -0.05) is 16.8 Å². The van der Waals surface area contributed by atoms with Crippen LogP contribution in [0.15, 0.2) is 35.7 Å². The second kappa shape index (κ2) is 7.35. The summed E-state index contributed by atoms with van der Waals surface area (Å²) in [5.41, 5.74) is 7.80. The quantitative estimate of drug-likeness (QED) is 0.674. The lowest BCUT2D eigenvalue weighted by Crippen LogP contribution is -2.47. The number of hydrogen-bond donors (Lipinski definition) is 1. The first-order chi connectivity index (χ1) is 11.7.